The molecule has 3 rings (SSSR count). The standard InChI is InChI=1S/C21H26FN5O2/c1-23-21(24-15-20(28)25-17-6-3-5-16(22)13-17)27-11-9-26(10-12-27)18-7-4-8-19(14-18)29-2/h3-8,13-14H,9-12,15H2,1-2H3,(H,23,24)(H,25,28). The second-order valence-corrected chi connectivity index (χ2v) is 6.63. The first-order chi connectivity index (χ1) is 14.1. The minimum atomic E-state index is -0.388. The van der Waals surface area contributed by atoms with Crippen molar-refractivity contribution in [2.75, 3.05) is 57.1 Å². The lowest BCUT2D eigenvalue weighted by Crippen LogP contribution is -2.53. The van der Waals surface area contributed by atoms with Gasteiger partial charge in [0.15, 0.2) is 5.96 Å². The topological polar surface area (TPSA) is 69.2 Å². The van der Waals surface area contributed by atoms with E-state index in [-0.39, 0.29) is 18.3 Å². The maximum Gasteiger partial charge on any atom is 0.243 e. The summed E-state index contributed by atoms with van der Waals surface area (Å²) in [5, 5.41) is 5.75. The number of halogens is 1. The summed E-state index contributed by atoms with van der Waals surface area (Å²) in [6.07, 6.45) is 0. The molecule has 1 amide bonds. The number of piperazine rings is 1. The Bertz CT molecular complexity index is 866. The molecule has 0 radical (unpaired) electrons. The second-order valence-electron chi connectivity index (χ2n) is 6.63. The molecule has 29 heavy (non-hydrogen) atoms. The molecule has 2 aromatic rings. The number of carbonyl (C=O) groups excluding carboxylic acids is 1. The molecule has 7 nitrogen and oxygen atoms in total. The summed E-state index contributed by atoms with van der Waals surface area (Å²) in [5.74, 6) is 0.864. The summed E-state index contributed by atoms with van der Waals surface area (Å²) >= 11 is 0. The van der Waals surface area contributed by atoms with Crippen molar-refractivity contribution < 1.29 is 13.9 Å². The van der Waals surface area contributed by atoms with Crippen LogP contribution in [0, 0.1) is 5.82 Å². The molecule has 1 aliphatic heterocycles. The molecule has 2 N–H and O–H groups in total. The number of hydrogen-bond acceptors (Lipinski definition) is 4. The zero-order valence-corrected chi connectivity index (χ0v) is 16.7. The lowest BCUT2D eigenvalue weighted by molar-refractivity contribution is -0.115. The van der Waals surface area contributed by atoms with E-state index < -0.39 is 0 Å². The van der Waals surface area contributed by atoms with Gasteiger partial charge in [0.2, 0.25) is 5.91 Å². The fourth-order valence-corrected chi connectivity index (χ4v) is 3.25. The summed E-state index contributed by atoms with van der Waals surface area (Å²) in [7, 11) is 3.36. The van der Waals surface area contributed by atoms with E-state index in [9.17, 15) is 9.18 Å². The Kier molecular flexibility index (Phi) is 6.89. The summed E-state index contributed by atoms with van der Waals surface area (Å²) in [6.45, 7) is 3.29. The van der Waals surface area contributed by atoms with Gasteiger partial charge < -0.3 is 25.2 Å². The van der Waals surface area contributed by atoms with Crippen LogP contribution in [-0.4, -0.2) is 63.6 Å². The van der Waals surface area contributed by atoms with E-state index in [1.165, 1.54) is 12.1 Å². The first-order valence-corrected chi connectivity index (χ1v) is 9.49. The van der Waals surface area contributed by atoms with Crippen molar-refractivity contribution in [2.45, 2.75) is 0 Å². The van der Waals surface area contributed by atoms with E-state index >= 15 is 0 Å². The number of aliphatic imine (C=N–C) groups is 1. The number of nitrogens with one attached hydrogen (secondary N) is 2. The first kappa shape index (κ1) is 20.4. The molecule has 1 fully saturated rings. The maximum atomic E-state index is 13.2. The van der Waals surface area contributed by atoms with Crippen LogP contribution < -0.4 is 20.3 Å². The fourth-order valence-electron chi connectivity index (χ4n) is 3.25. The predicted octanol–water partition coefficient (Wildman–Crippen LogP) is 2.17. The van der Waals surface area contributed by atoms with Gasteiger partial charge in [-0.2, -0.15) is 0 Å². The van der Waals surface area contributed by atoms with Crippen LogP contribution >= 0.6 is 0 Å². The zero-order chi connectivity index (χ0) is 20.6. The third-order valence-electron chi connectivity index (χ3n) is 4.72. The van der Waals surface area contributed by atoms with Crippen LogP contribution in [0.15, 0.2) is 53.5 Å². The first-order valence-electron chi connectivity index (χ1n) is 9.49. The van der Waals surface area contributed by atoms with Crippen molar-refractivity contribution in [3.05, 3.63) is 54.3 Å². The molecule has 1 saturated heterocycles. The second kappa shape index (κ2) is 9.77. The number of anilines is 2. The van der Waals surface area contributed by atoms with E-state index in [2.05, 4.69) is 31.5 Å². The Morgan fingerprint density at radius 2 is 1.90 bits per heavy atom. The largest absolute Gasteiger partial charge is 0.497 e. The Morgan fingerprint density at radius 3 is 2.59 bits per heavy atom. The molecule has 8 heteroatoms. The summed E-state index contributed by atoms with van der Waals surface area (Å²) in [6, 6.07) is 13.8. The average Bonchev–Trinajstić information content (AvgIpc) is 2.74. The monoisotopic (exact) mass is 399 g/mol. The van der Waals surface area contributed by atoms with Crippen LogP contribution in [0.4, 0.5) is 15.8 Å². The van der Waals surface area contributed by atoms with Gasteiger partial charge in [0.25, 0.3) is 0 Å². The van der Waals surface area contributed by atoms with E-state index in [0.29, 0.717) is 11.6 Å². The molecule has 0 bridgehead atoms. The molecule has 0 saturated carbocycles. The SMILES string of the molecule is CN=C(NCC(=O)Nc1cccc(F)c1)N1CCN(c2cccc(OC)c2)CC1. The van der Waals surface area contributed by atoms with Gasteiger partial charge in [0.1, 0.15) is 11.6 Å². The van der Waals surface area contributed by atoms with Crippen molar-refractivity contribution in [2.24, 2.45) is 4.99 Å². The molecule has 1 aliphatic rings. The predicted molar refractivity (Wildman–Crippen MR) is 113 cm³/mol. The van der Waals surface area contributed by atoms with Crippen molar-refractivity contribution in [1.29, 1.82) is 0 Å². The number of rotatable bonds is 5. The van der Waals surface area contributed by atoms with E-state index in [4.69, 9.17) is 4.74 Å². The van der Waals surface area contributed by atoms with Crippen LogP contribution in [0.2, 0.25) is 0 Å². The summed E-state index contributed by atoms with van der Waals surface area (Å²) < 4.78 is 18.5. The average molecular weight is 399 g/mol. The minimum Gasteiger partial charge on any atom is -0.497 e. The third kappa shape index (κ3) is 5.60. The smallest absolute Gasteiger partial charge is 0.243 e. The van der Waals surface area contributed by atoms with Crippen LogP contribution in [0.25, 0.3) is 0 Å². The van der Waals surface area contributed by atoms with E-state index in [0.717, 1.165) is 37.6 Å². The molecule has 0 atom stereocenters. The zero-order valence-electron chi connectivity index (χ0n) is 16.7. The number of ether oxygens (including phenoxy) is 1. The summed E-state index contributed by atoms with van der Waals surface area (Å²) in [5.41, 5.74) is 1.56. The number of methoxy groups -OCH3 is 1. The lowest BCUT2D eigenvalue weighted by Gasteiger charge is -2.37. The van der Waals surface area contributed by atoms with Gasteiger partial charge in [-0.05, 0) is 30.3 Å². The lowest BCUT2D eigenvalue weighted by atomic mass is 10.2. The number of benzene rings is 2. The van der Waals surface area contributed by atoms with Gasteiger partial charge in [-0.25, -0.2) is 4.39 Å². The van der Waals surface area contributed by atoms with Crippen LogP contribution in [-0.2, 0) is 4.79 Å². The Labute approximate surface area is 170 Å². The normalized spacial score (nSPS) is 14.5. The fraction of sp³-hybridized carbons (Fsp3) is 0.333. The molecule has 0 aromatic heterocycles. The van der Waals surface area contributed by atoms with Crippen molar-refractivity contribution in [3.63, 3.8) is 0 Å². The van der Waals surface area contributed by atoms with Crippen LogP contribution in [0.3, 0.4) is 0 Å². The number of guanidine groups is 1. The van der Waals surface area contributed by atoms with Gasteiger partial charge in [-0.1, -0.05) is 12.1 Å². The minimum absolute atomic E-state index is 0.0548. The Balaban J connectivity index is 1.49. The highest BCUT2D eigenvalue weighted by Gasteiger charge is 2.20. The van der Waals surface area contributed by atoms with Crippen molar-refractivity contribution in [3.8, 4) is 5.75 Å². The highest BCUT2D eigenvalue weighted by atomic mass is 19.1. The van der Waals surface area contributed by atoms with Crippen LogP contribution in [0.5, 0.6) is 5.75 Å². The molecule has 1 heterocycles. The molecular weight excluding hydrogens is 373 g/mol. The molecule has 0 aliphatic carbocycles. The quantitative estimate of drug-likeness (QED) is 0.596. The maximum absolute atomic E-state index is 13.2. The van der Waals surface area contributed by atoms with E-state index in [1.54, 1.807) is 26.3 Å². The van der Waals surface area contributed by atoms with Gasteiger partial charge >= 0.3 is 0 Å². The molecule has 0 unspecified atom stereocenters. The van der Waals surface area contributed by atoms with Gasteiger partial charge in [-0.3, -0.25) is 9.79 Å². The highest BCUT2D eigenvalue weighted by Crippen LogP contribution is 2.22. The van der Waals surface area contributed by atoms with Crippen molar-refractivity contribution >= 4 is 23.2 Å². The number of hydrogen-bond donors (Lipinski definition) is 2. The Hall–Kier alpha value is -3.29. The van der Waals surface area contributed by atoms with Crippen molar-refractivity contribution in [1.82, 2.24) is 10.2 Å². The number of carbonyl (C=O) groups is 1. The summed E-state index contributed by atoms with van der Waals surface area (Å²) in [4.78, 5) is 20.8. The highest BCUT2D eigenvalue weighted by molar-refractivity contribution is 5.95. The van der Waals surface area contributed by atoms with E-state index in [1.807, 2.05) is 18.2 Å². The van der Waals surface area contributed by atoms with Gasteiger partial charge in [0, 0.05) is 50.7 Å². The number of amides is 1. The van der Waals surface area contributed by atoms with Gasteiger partial charge in [0.05, 0.1) is 13.7 Å². The Morgan fingerprint density at radius 1 is 1.14 bits per heavy atom. The molecule has 2 aromatic carbocycles. The molecular formula is C21H26FN5O2. The third-order valence-corrected chi connectivity index (χ3v) is 4.72. The molecule has 154 valence electrons. The molecule has 0 spiro atoms. The number of nitrogens with zero attached hydrogens (tertiary/aromatic N) is 3. The van der Waals surface area contributed by atoms with Crippen LogP contribution in [0.1, 0.15) is 0 Å². The van der Waals surface area contributed by atoms with Gasteiger partial charge in [-0.15, -0.1) is 0 Å².